The van der Waals surface area contributed by atoms with E-state index in [4.69, 9.17) is 17.3 Å². The van der Waals surface area contributed by atoms with E-state index in [1.54, 1.807) is 18.2 Å². The Kier molecular flexibility index (Phi) is 4.78. The summed E-state index contributed by atoms with van der Waals surface area (Å²) in [5.74, 6) is 2.93. The van der Waals surface area contributed by atoms with Gasteiger partial charge in [-0.15, -0.1) is 0 Å². The van der Waals surface area contributed by atoms with E-state index < -0.39 is 0 Å². The Morgan fingerprint density at radius 2 is 2.17 bits per heavy atom. The summed E-state index contributed by atoms with van der Waals surface area (Å²) in [7, 11) is 0. The molecule has 0 spiro atoms. The molecule has 1 aromatic rings. The average Bonchev–Trinajstić information content (AvgIpc) is 2.35. The van der Waals surface area contributed by atoms with Gasteiger partial charge in [0.1, 0.15) is 0 Å². The van der Waals surface area contributed by atoms with Gasteiger partial charge in [0, 0.05) is 12.1 Å². The second kappa shape index (κ2) is 6.34. The molecule has 0 bridgehead atoms. The van der Waals surface area contributed by atoms with Crippen LogP contribution in [-0.4, -0.2) is 17.4 Å². The van der Waals surface area contributed by atoms with Crippen molar-refractivity contribution in [1.82, 2.24) is 0 Å². The van der Waals surface area contributed by atoms with E-state index in [-0.39, 0.29) is 5.91 Å². The van der Waals surface area contributed by atoms with Crippen molar-refractivity contribution in [3.05, 3.63) is 23.2 Å². The molecule has 1 saturated heterocycles. The maximum absolute atomic E-state index is 11.9. The molecule has 98 valence electrons. The van der Waals surface area contributed by atoms with Crippen molar-refractivity contribution in [2.45, 2.75) is 19.3 Å². The van der Waals surface area contributed by atoms with Gasteiger partial charge in [0.25, 0.3) is 0 Å². The van der Waals surface area contributed by atoms with Crippen LogP contribution < -0.4 is 11.1 Å². The van der Waals surface area contributed by atoms with Gasteiger partial charge in [0.15, 0.2) is 0 Å². The summed E-state index contributed by atoms with van der Waals surface area (Å²) in [5, 5.41) is 3.35. The summed E-state index contributed by atoms with van der Waals surface area (Å²) < 4.78 is 0. The van der Waals surface area contributed by atoms with Crippen LogP contribution >= 0.6 is 23.4 Å². The number of hydrogen-bond acceptors (Lipinski definition) is 3. The van der Waals surface area contributed by atoms with Gasteiger partial charge in [-0.05, 0) is 48.5 Å². The third-order valence-corrected chi connectivity index (χ3v) is 4.48. The van der Waals surface area contributed by atoms with Gasteiger partial charge in [-0.3, -0.25) is 4.79 Å². The molecule has 0 unspecified atom stereocenters. The highest BCUT2D eigenvalue weighted by molar-refractivity contribution is 7.99. The predicted octanol–water partition coefficient (Wildman–Crippen LogP) is 3.39. The van der Waals surface area contributed by atoms with Gasteiger partial charge in [-0.25, -0.2) is 0 Å². The van der Waals surface area contributed by atoms with E-state index in [1.165, 1.54) is 11.5 Å². The van der Waals surface area contributed by atoms with E-state index in [1.807, 2.05) is 11.8 Å². The molecule has 0 saturated carbocycles. The van der Waals surface area contributed by atoms with Crippen molar-refractivity contribution in [3.8, 4) is 0 Å². The molecule has 1 aromatic carbocycles. The summed E-state index contributed by atoms with van der Waals surface area (Å²) in [6.07, 6.45) is 2.88. The molecular formula is C13H17ClN2OS. The standard InChI is InChI=1S/C13H17ClN2OS/c14-11-8-10(1-2-12(11)15)16-13(17)7-9-3-5-18-6-4-9/h1-2,8-9H,3-7,15H2,(H,16,17). The van der Waals surface area contributed by atoms with Gasteiger partial charge in [-0.1, -0.05) is 11.6 Å². The third kappa shape index (κ3) is 3.82. The Balaban J connectivity index is 1.88. The molecule has 3 nitrogen and oxygen atoms in total. The fourth-order valence-electron chi connectivity index (χ4n) is 2.03. The number of anilines is 2. The van der Waals surface area contributed by atoms with Gasteiger partial charge >= 0.3 is 0 Å². The summed E-state index contributed by atoms with van der Waals surface area (Å²) in [6, 6.07) is 5.16. The molecule has 1 amide bonds. The molecule has 0 aromatic heterocycles. The molecule has 0 aliphatic carbocycles. The molecule has 3 N–H and O–H groups in total. The lowest BCUT2D eigenvalue weighted by Crippen LogP contribution is -2.19. The van der Waals surface area contributed by atoms with Crippen molar-refractivity contribution >= 4 is 40.6 Å². The number of carbonyl (C=O) groups excluding carboxylic acids is 1. The highest BCUT2D eigenvalue weighted by atomic mass is 35.5. The van der Waals surface area contributed by atoms with Crippen LogP contribution in [0.4, 0.5) is 11.4 Å². The number of hydrogen-bond donors (Lipinski definition) is 2. The van der Waals surface area contributed by atoms with E-state index >= 15 is 0 Å². The third-order valence-electron chi connectivity index (χ3n) is 3.10. The molecule has 5 heteroatoms. The van der Waals surface area contributed by atoms with Crippen molar-refractivity contribution in [2.24, 2.45) is 5.92 Å². The molecule has 0 atom stereocenters. The zero-order valence-corrected chi connectivity index (χ0v) is 11.7. The first kappa shape index (κ1) is 13.6. The van der Waals surface area contributed by atoms with Gasteiger partial charge < -0.3 is 11.1 Å². The number of nitrogens with one attached hydrogen (secondary N) is 1. The second-order valence-corrected chi connectivity index (χ2v) is 6.18. The van der Waals surface area contributed by atoms with Crippen LogP contribution in [0.2, 0.25) is 5.02 Å². The topological polar surface area (TPSA) is 55.1 Å². The van der Waals surface area contributed by atoms with Crippen LogP contribution in [0.3, 0.4) is 0 Å². The molecule has 1 heterocycles. The Morgan fingerprint density at radius 1 is 1.44 bits per heavy atom. The zero-order chi connectivity index (χ0) is 13.0. The van der Waals surface area contributed by atoms with Crippen molar-refractivity contribution in [2.75, 3.05) is 22.6 Å². The highest BCUT2D eigenvalue weighted by Crippen LogP contribution is 2.26. The van der Waals surface area contributed by atoms with Gasteiger partial charge in [0.2, 0.25) is 5.91 Å². The number of carbonyl (C=O) groups is 1. The maximum Gasteiger partial charge on any atom is 0.224 e. The van der Waals surface area contributed by atoms with Gasteiger partial charge in [-0.2, -0.15) is 11.8 Å². The quantitative estimate of drug-likeness (QED) is 0.837. The average molecular weight is 285 g/mol. The van der Waals surface area contributed by atoms with Crippen molar-refractivity contribution in [1.29, 1.82) is 0 Å². The van der Waals surface area contributed by atoms with Crippen molar-refractivity contribution in [3.63, 3.8) is 0 Å². The number of rotatable bonds is 3. The van der Waals surface area contributed by atoms with Crippen LogP contribution in [-0.2, 0) is 4.79 Å². The lowest BCUT2D eigenvalue weighted by molar-refractivity contribution is -0.117. The fourth-order valence-corrected chi connectivity index (χ4v) is 3.41. The first-order chi connectivity index (χ1) is 8.65. The minimum absolute atomic E-state index is 0.0627. The molecule has 1 aliphatic rings. The minimum Gasteiger partial charge on any atom is -0.398 e. The number of halogens is 1. The Morgan fingerprint density at radius 3 is 2.83 bits per heavy atom. The Labute approximate surface area is 116 Å². The molecule has 18 heavy (non-hydrogen) atoms. The fraction of sp³-hybridized carbons (Fsp3) is 0.462. The molecular weight excluding hydrogens is 268 g/mol. The SMILES string of the molecule is Nc1ccc(NC(=O)CC2CCSCC2)cc1Cl. The number of nitrogens with two attached hydrogens (primary N) is 1. The number of nitrogen functional groups attached to an aromatic ring is 1. The molecule has 2 rings (SSSR count). The number of thioether (sulfide) groups is 1. The van der Waals surface area contributed by atoms with Crippen LogP contribution in [0.5, 0.6) is 0 Å². The number of amides is 1. The van der Waals surface area contributed by atoms with E-state index in [0.29, 0.717) is 28.7 Å². The number of benzene rings is 1. The van der Waals surface area contributed by atoms with E-state index in [2.05, 4.69) is 5.32 Å². The second-order valence-electron chi connectivity index (χ2n) is 4.54. The molecule has 0 radical (unpaired) electrons. The summed E-state index contributed by atoms with van der Waals surface area (Å²) in [6.45, 7) is 0. The van der Waals surface area contributed by atoms with Crippen molar-refractivity contribution < 1.29 is 4.79 Å². The smallest absolute Gasteiger partial charge is 0.224 e. The van der Waals surface area contributed by atoms with Gasteiger partial charge in [0.05, 0.1) is 10.7 Å². The molecule has 1 fully saturated rings. The lowest BCUT2D eigenvalue weighted by atomic mass is 9.98. The monoisotopic (exact) mass is 284 g/mol. The molecule has 1 aliphatic heterocycles. The summed E-state index contributed by atoms with van der Waals surface area (Å²) >= 11 is 7.88. The highest BCUT2D eigenvalue weighted by Gasteiger charge is 2.17. The normalized spacial score (nSPS) is 16.5. The Bertz CT molecular complexity index is 433. The first-order valence-corrected chi connectivity index (χ1v) is 7.61. The summed E-state index contributed by atoms with van der Waals surface area (Å²) in [4.78, 5) is 11.9. The lowest BCUT2D eigenvalue weighted by Gasteiger charge is -2.20. The minimum atomic E-state index is 0.0627. The zero-order valence-electron chi connectivity index (χ0n) is 10.1. The van der Waals surface area contributed by atoms with E-state index in [0.717, 1.165) is 12.8 Å². The predicted molar refractivity (Wildman–Crippen MR) is 79.2 cm³/mol. The summed E-state index contributed by atoms with van der Waals surface area (Å²) in [5.41, 5.74) is 6.86. The van der Waals surface area contributed by atoms with E-state index in [9.17, 15) is 4.79 Å². The van der Waals surface area contributed by atoms with Crippen LogP contribution in [0.25, 0.3) is 0 Å². The first-order valence-electron chi connectivity index (χ1n) is 6.08. The van der Waals surface area contributed by atoms with Crippen LogP contribution in [0.15, 0.2) is 18.2 Å². The Hall–Kier alpha value is -0.870. The largest absolute Gasteiger partial charge is 0.398 e. The van der Waals surface area contributed by atoms with Crippen LogP contribution in [0, 0.1) is 5.92 Å². The van der Waals surface area contributed by atoms with Crippen LogP contribution in [0.1, 0.15) is 19.3 Å². The maximum atomic E-state index is 11.9.